The van der Waals surface area contributed by atoms with Crippen molar-refractivity contribution in [1.82, 2.24) is 0 Å². The van der Waals surface area contributed by atoms with Crippen LogP contribution in [0.4, 0.5) is 22.7 Å². The molecule has 0 unspecified atom stereocenters. The maximum atomic E-state index is 13.0. The topological polar surface area (TPSA) is 79.0 Å². The monoisotopic (exact) mass is 511 g/mol. The second-order valence-corrected chi connectivity index (χ2v) is 9.29. The molecule has 1 aliphatic rings. The Morgan fingerprint density at radius 2 is 1.43 bits per heavy atom. The smallest absolute Gasteiger partial charge is 0.255 e. The number of ether oxygens (including phenoxy) is 1. The number of hydrogen-bond donors (Lipinski definition) is 1. The van der Waals surface area contributed by atoms with Gasteiger partial charge in [-0.3, -0.25) is 19.3 Å². The van der Waals surface area contributed by atoms with Gasteiger partial charge in [-0.05, 0) is 84.2 Å². The van der Waals surface area contributed by atoms with Crippen LogP contribution < -0.4 is 15.1 Å². The van der Waals surface area contributed by atoms with Crippen LogP contribution in [0.5, 0.6) is 0 Å². The Morgan fingerprint density at radius 1 is 0.811 bits per heavy atom. The highest BCUT2D eigenvalue weighted by Crippen LogP contribution is 2.27. The molecule has 1 aliphatic heterocycles. The van der Waals surface area contributed by atoms with Gasteiger partial charge in [0, 0.05) is 52.2 Å². The van der Waals surface area contributed by atoms with Crippen molar-refractivity contribution in [2.24, 2.45) is 0 Å². The van der Waals surface area contributed by atoms with Crippen LogP contribution in [-0.2, 0) is 9.53 Å². The van der Waals surface area contributed by atoms with Crippen LogP contribution in [0.3, 0.4) is 0 Å². The van der Waals surface area contributed by atoms with Gasteiger partial charge in [0.15, 0.2) is 5.78 Å². The molecule has 1 N–H and O–H groups in total. The quantitative estimate of drug-likeness (QED) is 0.254. The summed E-state index contributed by atoms with van der Waals surface area (Å²) in [6, 6.07) is 23.1. The Morgan fingerprint density at radius 3 is 2.03 bits per heavy atom. The van der Waals surface area contributed by atoms with Gasteiger partial charge in [-0.2, -0.15) is 11.3 Å². The number of amides is 2. The van der Waals surface area contributed by atoms with Crippen LogP contribution in [0.15, 0.2) is 89.6 Å². The molecule has 1 fully saturated rings. The van der Waals surface area contributed by atoms with E-state index < -0.39 is 0 Å². The Kier molecular flexibility index (Phi) is 7.39. The van der Waals surface area contributed by atoms with E-state index in [0.29, 0.717) is 41.3 Å². The molecule has 1 saturated heterocycles. The predicted octanol–water partition coefficient (Wildman–Crippen LogP) is 5.36. The van der Waals surface area contributed by atoms with Crippen LogP contribution in [0.25, 0.3) is 0 Å². The van der Waals surface area contributed by atoms with E-state index in [4.69, 9.17) is 4.74 Å². The van der Waals surface area contributed by atoms with Gasteiger partial charge < -0.3 is 15.0 Å². The van der Waals surface area contributed by atoms with Gasteiger partial charge >= 0.3 is 0 Å². The van der Waals surface area contributed by atoms with Gasteiger partial charge in [0.05, 0.1) is 18.9 Å². The van der Waals surface area contributed by atoms with Crippen molar-refractivity contribution in [3.05, 3.63) is 106 Å². The van der Waals surface area contributed by atoms with Crippen LogP contribution in [0.1, 0.15) is 26.3 Å². The lowest BCUT2D eigenvalue weighted by atomic mass is 10.0. The normalized spacial score (nSPS) is 13.1. The highest BCUT2D eigenvalue weighted by molar-refractivity contribution is 7.08. The molecule has 0 aliphatic carbocycles. The van der Waals surface area contributed by atoms with Gasteiger partial charge in [0.1, 0.15) is 0 Å². The van der Waals surface area contributed by atoms with Gasteiger partial charge in [-0.1, -0.05) is 0 Å². The number of anilines is 4. The van der Waals surface area contributed by atoms with Crippen LogP contribution >= 0.6 is 11.3 Å². The molecule has 0 saturated carbocycles. The van der Waals surface area contributed by atoms with E-state index in [9.17, 15) is 14.4 Å². The SMILES string of the molecule is O=CN(c1ccc(C(=O)c2ccc(NC(=O)c3ccc(N4CCOCC4)cc3)cc2)cc1)c1ccsc1. The maximum absolute atomic E-state index is 13.0. The van der Waals surface area contributed by atoms with Crippen LogP contribution in [0, 0.1) is 0 Å². The zero-order chi connectivity index (χ0) is 25.6. The van der Waals surface area contributed by atoms with Crippen LogP contribution in [0.2, 0.25) is 0 Å². The number of thiophene rings is 1. The number of nitrogens with one attached hydrogen (secondary N) is 1. The molecule has 2 amide bonds. The number of carbonyl (C=O) groups excluding carboxylic acids is 3. The van der Waals surface area contributed by atoms with E-state index in [-0.39, 0.29) is 11.7 Å². The fourth-order valence-corrected chi connectivity index (χ4v) is 4.79. The summed E-state index contributed by atoms with van der Waals surface area (Å²) in [6.45, 7) is 3.10. The molecule has 0 radical (unpaired) electrons. The lowest BCUT2D eigenvalue weighted by Gasteiger charge is -2.28. The van der Waals surface area contributed by atoms with Gasteiger partial charge in [0.2, 0.25) is 6.41 Å². The standard InChI is InChI=1S/C29H25N3O4S/c33-20-32(27-13-18-37-19-27)26-11-3-22(4-12-26)28(34)21-1-7-24(8-2-21)30-29(35)23-5-9-25(10-6-23)31-14-16-36-17-15-31/h1-13,18-20H,14-17H2,(H,30,35). The molecule has 0 atom stereocenters. The molecule has 2 heterocycles. The molecule has 3 aromatic carbocycles. The number of benzene rings is 3. The molecule has 186 valence electrons. The number of rotatable bonds is 8. The van der Waals surface area contributed by atoms with Crippen molar-refractivity contribution >= 4 is 52.2 Å². The summed E-state index contributed by atoms with van der Waals surface area (Å²) in [5.74, 6) is -0.357. The van der Waals surface area contributed by atoms with E-state index in [0.717, 1.165) is 30.9 Å². The molecule has 0 bridgehead atoms. The Bertz CT molecular complexity index is 1360. The number of ketones is 1. The largest absolute Gasteiger partial charge is 0.378 e. The summed E-state index contributed by atoms with van der Waals surface area (Å²) in [5, 5.41) is 6.67. The van der Waals surface area contributed by atoms with Crippen molar-refractivity contribution < 1.29 is 19.1 Å². The van der Waals surface area contributed by atoms with E-state index in [1.807, 2.05) is 41.1 Å². The van der Waals surface area contributed by atoms with E-state index in [1.165, 1.54) is 16.2 Å². The van der Waals surface area contributed by atoms with Crippen molar-refractivity contribution in [2.45, 2.75) is 0 Å². The van der Waals surface area contributed by atoms with Crippen molar-refractivity contribution in [3.63, 3.8) is 0 Å². The van der Waals surface area contributed by atoms with E-state index in [2.05, 4.69) is 10.2 Å². The zero-order valence-corrected chi connectivity index (χ0v) is 20.8. The third kappa shape index (κ3) is 5.61. The third-order valence-electron chi connectivity index (χ3n) is 6.21. The van der Waals surface area contributed by atoms with E-state index in [1.54, 1.807) is 48.5 Å². The summed E-state index contributed by atoms with van der Waals surface area (Å²) in [4.78, 5) is 41.0. The summed E-state index contributed by atoms with van der Waals surface area (Å²) >= 11 is 1.51. The first-order chi connectivity index (χ1) is 18.1. The first-order valence-corrected chi connectivity index (χ1v) is 12.8. The Labute approximate surface area is 218 Å². The molecule has 1 aromatic heterocycles. The van der Waals surface area contributed by atoms with Crippen LogP contribution in [-0.4, -0.2) is 44.4 Å². The van der Waals surface area contributed by atoms with Gasteiger partial charge in [-0.15, -0.1) is 0 Å². The minimum absolute atomic E-state index is 0.142. The lowest BCUT2D eigenvalue weighted by molar-refractivity contribution is -0.106. The molecule has 4 aromatic rings. The molecular weight excluding hydrogens is 486 g/mol. The average molecular weight is 512 g/mol. The molecule has 0 spiro atoms. The van der Waals surface area contributed by atoms with E-state index >= 15 is 0 Å². The fourth-order valence-electron chi connectivity index (χ4n) is 4.16. The van der Waals surface area contributed by atoms with Gasteiger partial charge in [0.25, 0.3) is 5.91 Å². The number of morpholine rings is 1. The second-order valence-electron chi connectivity index (χ2n) is 8.51. The molecule has 5 rings (SSSR count). The van der Waals surface area contributed by atoms with Crippen molar-refractivity contribution in [1.29, 1.82) is 0 Å². The highest BCUT2D eigenvalue weighted by Gasteiger charge is 2.14. The minimum atomic E-state index is -0.214. The zero-order valence-electron chi connectivity index (χ0n) is 20.0. The summed E-state index contributed by atoms with van der Waals surface area (Å²) in [6.07, 6.45) is 0.754. The van der Waals surface area contributed by atoms with Crippen molar-refractivity contribution in [3.8, 4) is 0 Å². The minimum Gasteiger partial charge on any atom is -0.378 e. The number of hydrogen-bond acceptors (Lipinski definition) is 6. The molecular formula is C29H25N3O4S. The second kappa shape index (κ2) is 11.2. The first kappa shape index (κ1) is 24.4. The Balaban J connectivity index is 1.21. The maximum Gasteiger partial charge on any atom is 0.255 e. The van der Waals surface area contributed by atoms with Crippen molar-refractivity contribution in [2.75, 3.05) is 41.4 Å². The highest BCUT2D eigenvalue weighted by atomic mass is 32.1. The summed E-state index contributed by atoms with van der Waals surface area (Å²) in [7, 11) is 0. The fraction of sp³-hybridized carbons (Fsp3) is 0.138. The molecule has 37 heavy (non-hydrogen) atoms. The average Bonchev–Trinajstić information content (AvgIpc) is 3.49. The molecule has 8 heteroatoms. The Hall–Kier alpha value is -4.27. The lowest BCUT2D eigenvalue weighted by Crippen LogP contribution is -2.36. The summed E-state index contributed by atoms with van der Waals surface area (Å²) in [5.41, 5.74) is 4.71. The van der Waals surface area contributed by atoms with Gasteiger partial charge in [-0.25, -0.2) is 0 Å². The number of nitrogens with zero attached hydrogens (tertiary/aromatic N) is 2. The third-order valence-corrected chi connectivity index (χ3v) is 6.88. The summed E-state index contributed by atoms with van der Waals surface area (Å²) < 4.78 is 5.39. The first-order valence-electron chi connectivity index (χ1n) is 11.9. The predicted molar refractivity (Wildman–Crippen MR) is 146 cm³/mol. The molecule has 7 nitrogen and oxygen atoms in total. The number of carbonyl (C=O) groups is 3.